The Bertz CT molecular complexity index is 856. The molecule has 0 unspecified atom stereocenters. The third-order valence-corrected chi connectivity index (χ3v) is 6.74. The molecule has 2 rings (SSSR count). The molecule has 0 radical (unpaired) electrons. The summed E-state index contributed by atoms with van der Waals surface area (Å²) in [5, 5.41) is 4.35. The Kier molecular flexibility index (Phi) is 10.8. The Morgan fingerprint density at radius 1 is 0.969 bits per heavy atom. The van der Waals surface area contributed by atoms with E-state index in [1.54, 1.807) is 18.2 Å². The number of nitrogens with zero attached hydrogens (tertiary/aromatic N) is 2. The molecule has 8 nitrogen and oxygen atoms in total. The van der Waals surface area contributed by atoms with Crippen molar-refractivity contribution >= 4 is 27.3 Å². The van der Waals surface area contributed by atoms with Gasteiger partial charge in [0.05, 0.1) is 26.2 Å². The van der Waals surface area contributed by atoms with Crippen LogP contribution in [0, 0.1) is 0 Å². The van der Waals surface area contributed by atoms with Gasteiger partial charge in [0, 0.05) is 11.8 Å². The Labute approximate surface area is 192 Å². The Morgan fingerprint density at radius 3 is 2.03 bits per heavy atom. The first-order valence-corrected chi connectivity index (χ1v) is 13.2. The van der Waals surface area contributed by atoms with Gasteiger partial charge in [-0.25, -0.2) is 13.8 Å². The number of carbonyl (C=O) groups is 1. The molecule has 0 aromatic heterocycles. The lowest BCUT2D eigenvalue weighted by Crippen LogP contribution is -2.39. The summed E-state index contributed by atoms with van der Waals surface area (Å²) in [5.74, 6) is 0.331. The molecule has 1 N–H and O–H groups in total. The maximum Gasteiger partial charge on any atom is 0.260 e. The second-order valence-corrected chi connectivity index (χ2v) is 10.1. The lowest BCUT2D eigenvalue weighted by Gasteiger charge is -2.23. The van der Waals surface area contributed by atoms with Crippen LogP contribution in [0.3, 0.4) is 0 Å². The van der Waals surface area contributed by atoms with Crippen molar-refractivity contribution in [3.05, 3.63) is 18.2 Å². The predicted molar refractivity (Wildman–Crippen MR) is 128 cm³/mol. The normalized spacial score (nSPS) is 16.3. The Balaban J connectivity index is 2.09. The molecule has 0 saturated heterocycles. The molecular weight excluding hydrogens is 430 g/mol. The van der Waals surface area contributed by atoms with Crippen molar-refractivity contribution in [3.8, 4) is 11.5 Å². The summed E-state index contributed by atoms with van der Waals surface area (Å²) in [4.78, 5) is 12.6. The van der Waals surface area contributed by atoms with Gasteiger partial charge in [-0.3, -0.25) is 9.10 Å². The zero-order valence-electron chi connectivity index (χ0n) is 19.6. The van der Waals surface area contributed by atoms with Crippen LogP contribution in [0.4, 0.5) is 5.69 Å². The van der Waals surface area contributed by atoms with Crippen molar-refractivity contribution in [3.63, 3.8) is 0 Å². The summed E-state index contributed by atoms with van der Waals surface area (Å²) in [5.41, 5.74) is 3.82. The highest BCUT2D eigenvalue weighted by atomic mass is 32.2. The van der Waals surface area contributed by atoms with E-state index in [0.29, 0.717) is 11.5 Å². The number of anilines is 1. The average Bonchev–Trinajstić information content (AvgIpc) is 2.76. The molecule has 1 amide bonds. The van der Waals surface area contributed by atoms with Gasteiger partial charge in [0.15, 0.2) is 0 Å². The third-order valence-electron chi connectivity index (χ3n) is 5.61. The summed E-state index contributed by atoms with van der Waals surface area (Å²) in [7, 11) is -0.781. The van der Waals surface area contributed by atoms with E-state index in [9.17, 15) is 13.2 Å². The first kappa shape index (κ1) is 26.0. The van der Waals surface area contributed by atoms with Gasteiger partial charge in [0.2, 0.25) is 10.0 Å². The quantitative estimate of drug-likeness (QED) is 0.605. The number of sulfonamides is 1. The monoisotopic (exact) mass is 467 g/mol. The molecule has 9 heteroatoms. The van der Waals surface area contributed by atoms with Crippen LogP contribution in [-0.4, -0.2) is 47.1 Å². The zero-order valence-corrected chi connectivity index (χ0v) is 20.4. The van der Waals surface area contributed by atoms with Crippen molar-refractivity contribution in [2.75, 3.05) is 31.3 Å². The Morgan fingerprint density at radius 2 is 1.53 bits per heavy atom. The number of carbonyl (C=O) groups excluding carboxylic acids is 1. The van der Waals surface area contributed by atoms with Crippen LogP contribution in [0.2, 0.25) is 0 Å². The van der Waals surface area contributed by atoms with Gasteiger partial charge in [0.1, 0.15) is 18.0 Å². The summed E-state index contributed by atoms with van der Waals surface area (Å²) in [6.45, 7) is -0.391. The van der Waals surface area contributed by atoms with Crippen molar-refractivity contribution in [1.29, 1.82) is 0 Å². The van der Waals surface area contributed by atoms with E-state index < -0.39 is 22.5 Å². The van der Waals surface area contributed by atoms with Gasteiger partial charge in [0.25, 0.3) is 5.91 Å². The number of hydrogen-bond donors (Lipinski definition) is 1. The molecule has 1 aliphatic rings. The van der Waals surface area contributed by atoms with E-state index in [1.165, 1.54) is 59.2 Å². The zero-order chi connectivity index (χ0) is 23.4. The van der Waals surface area contributed by atoms with Gasteiger partial charge in [-0.05, 0) is 37.8 Å². The summed E-state index contributed by atoms with van der Waals surface area (Å²) < 4.78 is 36.4. The van der Waals surface area contributed by atoms with Crippen LogP contribution >= 0.6 is 0 Å². The predicted octanol–water partition coefficient (Wildman–Crippen LogP) is 4.25. The van der Waals surface area contributed by atoms with Gasteiger partial charge in [-0.15, -0.1) is 0 Å². The number of rotatable bonds is 7. The van der Waals surface area contributed by atoms with Crippen LogP contribution in [0.1, 0.15) is 70.6 Å². The number of amides is 1. The average molecular weight is 468 g/mol. The third kappa shape index (κ3) is 8.68. The van der Waals surface area contributed by atoms with Gasteiger partial charge in [-0.1, -0.05) is 44.9 Å². The lowest BCUT2D eigenvalue weighted by molar-refractivity contribution is -0.119. The molecule has 1 aromatic carbocycles. The molecule has 0 aliphatic heterocycles. The molecule has 1 fully saturated rings. The van der Waals surface area contributed by atoms with E-state index in [0.717, 1.165) is 42.0 Å². The van der Waals surface area contributed by atoms with E-state index in [4.69, 9.17) is 9.47 Å². The molecule has 1 aliphatic carbocycles. The molecule has 1 saturated carbocycles. The van der Waals surface area contributed by atoms with Crippen LogP contribution in [-0.2, 0) is 14.8 Å². The van der Waals surface area contributed by atoms with Gasteiger partial charge < -0.3 is 9.47 Å². The van der Waals surface area contributed by atoms with E-state index in [1.807, 2.05) is 0 Å². The fourth-order valence-electron chi connectivity index (χ4n) is 3.81. The molecule has 180 valence electrons. The van der Waals surface area contributed by atoms with Crippen molar-refractivity contribution in [2.24, 2.45) is 5.10 Å². The van der Waals surface area contributed by atoms with E-state index in [-0.39, 0.29) is 5.69 Å². The first-order valence-electron chi connectivity index (χ1n) is 11.4. The minimum absolute atomic E-state index is 0.268. The molecular formula is C23H37N3O5S. The van der Waals surface area contributed by atoms with Crippen molar-refractivity contribution < 1.29 is 22.7 Å². The molecule has 1 aromatic rings. The van der Waals surface area contributed by atoms with Crippen molar-refractivity contribution in [2.45, 2.75) is 70.6 Å². The topological polar surface area (TPSA) is 97.3 Å². The largest absolute Gasteiger partial charge is 0.497 e. The first-order chi connectivity index (χ1) is 15.3. The minimum Gasteiger partial charge on any atom is -0.497 e. The second kappa shape index (κ2) is 13.3. The van der Waals surface area contributed by atoms with Crippen LogP contribution in [0.15, 0.2) is 23.3 Å². The molecule has 0 spiro atoms. The highest BCUT2D eigenvalue weighted by molar-refractivity contribution is 7.92. The second-order valence-electron chi connectivity index (χ2n) is 8.20. The summed E-state index contributed by atoms with van der Waals surface area (Å²) >= 11 is 0. The van der Waals surface area contributed by atoms with Crippen LogP contribution in [0.25, 0.3) is 0 Å². The number of hydrogen-bond acceptors (Lipinski definition) is 6. The number of hydrazone groups is 1. The van der Waals surface area contributed by atoms with E-state index >= 15 is 0 Å². The standard InChI is InChI=1S/C23H37N3O5S/c1-30-20-15-16-21(22(17-20)31-2)26(32(3,28)29)18-23(27)25-24-19-13-11-9-7-5-4-6-8-10-12-14-19/h15-17H,4-14,18H2,1-3H3,(H,25,27). The lowest BCUT2D eigenvalue weighted by atomic mass is 10.00. The van der Waals surface area contributed by atoms with Gasteiger partial charge >= 0.3 is 0 Å². The van der Waals surface area contributed by atoms with Gasteiger partial charge in [-0.2, -0.15) is 5.10 Å². The molecule has 32 heavy (non-hydrogen) atoms. The minimum atomic E-state index is -3.73. The summed E-state index contributed by atoms with van der Waals surface area (Å²) in [6, 6.07) is 4.76. The van der Waals surface area contributed by atoms with Crippen LogP contribution in [0.5, 0.6) is 11.5 Å². The maximum atomic E-state index is 12.6. The molecule has 0 heterocycles. The Hall–Kier alpha value is -2.29. The maximum absolute atomic E-state index is 12.6. The number of ether oxygens (including phenoxy) is 2. The molecule has 0 bridgehead atoms. The number of methoxy groups -OCH3 is 2. The van der Waals surface area contributed by atoms with Crippen molar-refractivity contribution in [1.82, 2.24) is 5.43 Å². The number of benzene rings is 1. The fourth-order valence-corrected chi connectivity index (χ4v) is 4.67. The number of nitrogens with one attached hydrogen (secondary N) is 1. The smallest absolute Gasteiger partial charge is 0.260 e. The molecule has 0 atom stereocenters. The SMILES string of the molecule is COc1ccc(N(CC(=O)NN=C2CCCCCCCCCCC2)S(C)(=O)=O)c(OC)c1. The van der Waals surface area contributed by atoms with E-state index in [2.05, 4.69) is 10.5 Å². The highest BCUT2D eigenvalue weighted by Crippen LogP contribution is 2.33. The fraction of sp³-hybridized carbons (Fsp3) is 0.652. The highest BCUT2D eigenvalue weighted by Gasteiger charge is 2.24. The van der Waals surface area contributed by atoms with Crippen LogP contribution < -0.4 is 19.2 Å². The summed E-state index contributed by atoms with van der Waals surface area (Å²) in [6.07, 6.45) is 13.6.